The van der Waals surface area contributed by atoms with Crippen LogP contribution >= 0.6 is 0 Å². The fourth-order valence-corrected chi connectivity index (χ4v) is 2.24. The highest BCUT2D eigenvalue weighted by atomic mass is 16.5. The van der Waals surface area contributed by atoms with Gasteiger partial charge < -0.3 is 4.74 Å². The lowest BCUT2D eigenvalue weighted by molar-refractivity contribution is 0.112. The molecule has 0 heterocycles. The summed E-state index contributed by atoms with van der Waals surface area (Å²) in [4.78, 5) is 10.6. The summed E-state index contributed by atoms with van der Waals surface area (Å²) in [5, 5.41) is 0. The highest BCUT2D eigenvalue weighted by molar-refractivity contribution is 5.74. The molecule has 0 aliphatic rings. The second-order valence-corrected chi connectivity index (χ2v) is 5.70. The van der Waals surface area contributed by atoms with Crippen LogP contribution in [0.2, 0.25) is 0 Å². The van der Waals surface area contributed by atoms with Crippen molar-refractivity contribution >= 4 is 6.29 Å². The van der Waals surface area contributed by atoms with Crippen LogP contribution in [0.4, 0.5) is 0 Å². The van der Waals surface area contributed by atoms with E-state index < -0.39 is 0 Å². The molecule has 2 aromatic carbocycles. The second kappa shape index (κ2) is 7.63. The SMILES string of the molecule is CC(C)Cc1ccc(CCOc2ccc(C=O)cc2)cc1. The Hall–Kier alpha value is -2.09. The van der Waals surface area contributed by atoms with Crippen molar-refractivity contribution in [1.29, 1.82) is 0 Å². The van der Waals surface area contributed by atoms with Gasteiger partial charge in [0, 0.05) is 12.0 Å². The van der Waals surface area contributed by atoms with Crippen LogP contribution in [-0.4, -0.2) is 12.9 Å². The summed E-state index contributed by atoms with van der Waals surface area (Å²) in [7, 11) is 0. The molecule has 0 spiro atoms. The van der Waals surface area contributed by atoms with Gasteiger partial charge in [-0.3, -0.25) is 4.79 Å². The molecule has 0 atom stereocenters. The molecule has 0 radical (unpaired) electrons. The number of carbonyl (C=O) groups excluding carboxylic acids is 1. The smallest absolute Gasteiger partial charge is 0.150 e. The van der Waals surface area contributed by atoms with E-state index in [0.717, 1.165) is 24.9 Å². The number of aldehydes is 1. The molecule has 2 aromatic rings. The van der Waals surface area contributed by atoms with Gasteiger partial charge in [0.1, 0.15) is 12.0 Å². The van der Waals surface area contributed by atoms with Gasteiger partial charge >= 0.3 is 0 Å². The van der Waals surface area contributed by atoms with Crippen molar-refractivity contribution in [2.24, 2.45) is 5.92 Å². The predicted molar refractivity (Wildman–Crippen MR) is 86.0 cm³/mol. The van der Waals surface area contributed by atoms with Gasteiger partial charge in [-0.15, -0.1) is 0 Å². The third-order valence-electron chi connectivity index (χ3n) is 3.34. The maximum atomic E-state index is 10.6. The second-order valence-electron chi connectivity index (χ2n) is 5.70. The molecule has 0 unspecified atom stereocenters. The molecular formula is C19H22O2. The summed E-state index contributed by atoms with van der Waals surface area (Å²) in [6.07, 6.45) is 2.85. The van der Waals surface area contributed by atoms with Gasteiger partial charge in [0.05, 0.1) is 6.61 Å². The first kappa shape index (κ1) is 15.3. The zero-order chi connectivity index (χ0) is 15.1. The molecule has 21 heavy (non-hydrogen) atoms. The van der Waals surface area contributed by atoms with Crippen LogP contribution in [0.1, 0.15) is 35.3 Å². The van der Waals surface area contributed by atoms with Crippen LogP contribution in [-0.2, 0) is 12.8 Å². The van der Waals surface area contributed by atoms with Crippen molar-refractivity contribution in [2.45, 2.75) is 26.7 Å². The lowest BCUT2D eigenvalue weighted by atomic mass is 10.0. The van der Waals surface area contributed by atoms with Crippen molar-refractivity contribution in [3.63, 3.8) is 0 Å². The van der Waals surface area contributed by atoms with Crippen molar-refractivity contribution < 1.29 is 9.53 Å². The first-order chi connectivity index (χ1) is 10.2. The van der Waals surface area contributed by atoms with Crippen LogP contribution in [0.3, 0.4) is 0 Å². The number of hydrogen-bond donors (Lipinski definition) is 0. The molecule has 0 saturated heterocycles. The minimum absolute atomic E-state index is 0.643. The monoisotopic (exact) mass is 282 g/mol. The lowest BCUT2D eigenvalue weighted by Crippen LogP contribution is -2.02. The molecule has 0 saturated carbocycles. The quantitative estimate of drug-likeness (QED) is 0.707. The average Bonchev–Trinajstić information content (AvgIpc) is 2.49. The van der Waals surface area contributed by atoms with Crippen molar-refractivity contribution in [2.75, 3.05) is 6.61 Å². The molecule has 0 fully saturated rings. The number of rotatable bonds is 7. The minimum atomic E-state index is 0.643. The van der Waals surface area contributed by atoms with E-state index in [1.807, 2.05) is 12.1 Å². The molecule has 0 bridgehead atoms. The van der Waals surface area contributed by atoms with Gasteiger partial charge in [0.25, 0.3) is 0 Å². The number of benzene rings is 2. The largest absolute Gasteiger partial charge is 0.493 e. The van der Waals surface area contributed by atoms with Crippen LogP contribution < -0.4 is 4.74 Å². The predicted octanol–water partition coefficient (Wildman–Crippen LogP) is 4.32. The Balaban J connectivity index is 1.81. The fourth-order valence-electron chi connectivity index (χ4n) is 2.24. The maximum absolute atomic E-state index is 10.6. The number of carbonyl (C=O) groups is 1. The summed E-state index contributed by atoms with van der Waals surface area (Å²) in [6, 6.07) is 16.0. The zero-order valence-electron chi connectivity index (χ0n) is 12.7. The van der Waals surface area contributed by atoms with Crippen LogP contribution in [0.15, 0.2) is 48.5 Å². The molecule has 0 aliphatic heterocycles. The molecule has 2 heteroatoms. The van der Waals surface area contributed by atoms with Crippen LogP contribution in [0.25, 0.3) is 0 Å². The molecule has 0 aliphatic carbocycles. The highest BCUT2D eigenvalue weighted by Gasteiger charge is 1.99. The average molecular weight is 282 g/mol. The maximum Gasteiger partial charge on any atom is 0.150 e. The standard InChI is InChI=1S/C19H22O2/c1-15(2)13-17-5-3-16(4-6-17)11-12-21-19-9-7-18(14-20)8-10-19/h3-10,14-15H,11-13H2,1-2H3. The Morgan fingerprint density at radius 3 is 2.14 bits per heavy atom. The Kier molecular flexibility index (Phi) is 5.56. The highest BCUT2D eigenvalue weighted by Crippen LogP contribution is 2.13. The fraction of sp³-hybridized carbons (Fsp3) is 0.316. The summed E-state index contributed by atoms with van der Waals surface area (Å²) in [5.41, 5.74) is 3.34. The van der Waals surface area contributed by atoms with Gasteiger partial charge in [-0.05, 0) is 47.7 Å². The molecule has 2 nitrogen and oxygen atoms in total. The molecule has 0 N–H and O–H groups in total. The summed E-state index contributed by atoms with van der Waals surface area (Å²) >= 11 is 0. The van der Waals surface area contributed by atoms with E-state index in [0.29, 0.717) is 18.1 Å². The summed E-state index contributed by atoms with van der Waals surface area (Å²) < 4.78 is 5.69. The van der Waals surface area contributed by atoms with Gasteiger partial charge in [-0.25, -0.2) is 0 Å². The van der Waals surface area contributed by atoms with E-state index in [4.69, 9.17) is 4.74 Å². The first-order valence-electron chi connectivity index (χ1n) is 7.43. The van der Waals surface area contributed by atoms with E-state index in [1.54, 1.807) is 12.1 Å². The van der Waals surface area contributed by atoms with Gasteiger partial charge in [-0.2, -0.15) is 0 Å². The lowest BCUT2D eigenvalue weighted by Gasteiger charge is -2.08. The Labute approximate surface area is 126 Å². The van der Waals surface area contributed by atoms with Crippen molar-refractivity contribution in [3.8, 4) is 5.75 Å². The summed E-state index contributed by atoms with van der Waals surface area (Å²) in [5.74, 6) is 1.49. The molecule has 0 amide bonds. The normalized spacial score (nSPS) is 10.6. The van der Waals surface area contributed by atoms with E-state index in [9.17, 15) is 4.79 Å². The minimum Gasteiger partial charge on any atom is -0.493 e. The van der Waals surface area contributed by atoms with E-state index in [-0.39, 0.29) is 0 Å². The van der Waals surface area contributed by atoms with E-state index in [1.165, 1.54) is 11.1 Å². The van der Waals surface area contributed by atoms with E-state index >= 15 is 0 Å². The molecule has 110 valence electrons. The Morgan fingerprint density at radius 1 is 0.952 bits per heavy atom. The van der Waals surface area contributed by atoms with Gasteiger partial charge in [0.15, 0.2) is 0 Å². The third-order valence-corrected chi connectivity index (χ3v) is 3.34. The number of ether oxygens (including phenoxy) is 1. The van der Waals surface area contributed by atoms with E-state index in [2.05, 4.69) is 38.1 Å². The van der Waals surface area contributed by atoms with Gasteiger partial charge in [0.2, 0.25) is 0 Å². The molecular weight excluding hydrogens is 260 g/mol. The summed E-state index contributed by atoms with van der Waals surface area (Å²) in [6.45, 7) is 5.11. The van der Waals surface area contributed by atoms with Crippen molar-refractivity contribution in [3.05, 3.63) is 65.2 Å². The van der Waals surface area contributed by atoms with Crippen LogP contribution in [0.5, 0.6) is 5.75 Å². The topological polar surface area (TPSA) is 26.3 Å². The Morgan fingerprint density at radius 2 is 1.57 bits per heavy atom. The third kappa shape index (κ3) is 5.07. The molecule has 0 aromatic heterocycles. The Bertz CT molecular complexity index is 553. The van der Waals surface area contributed by atoms with Crippen molar-refractivity contribution in [1.82, 2.24) is 0 Å². The number of hydrogen-bond acceptors (Lipinski definition) is 2. The first-order valence-corrected chi connectivity index (χ1v) is 7.43. The van der Waals surface area contributed by atoms with Crippen LogP contribution in [0, 0.1) is 5.92 Å². The van der Waals surface area contributed by atoms with Gasteiger partial charge in [-0.1, -0.05) is 38.1 Å². The zero-order valence-corrected chi connectivity index (χ0v) is 12.7. The molecule has 2 rings (SSSR count).